The van der Waals surface area contributed by atoms with Gasteiger partial charge in [-0.05, 0) is 43.7 Å². The Hall–Kier alpha value is -2.27. The molecule has 4 nitrogen and oxygen atoms in total. The fourth-order valence-corrected chi connectivity index (χ4v) is 2.14. The highest BCUT2D eigenvalue weighted by Gasteiger charge is 2.06. The van der Waals surface area contributed by atoms with Gasteiger partial charge in [-0.25, -0.2) is 4.39 Å². The van der Waals surface area contributed by atoms with Crippen molar-refractivity contribution < 1.29 is 13.9 Å². The van der Waals surface area contributed by atoms with Gasteiger partial charge in [-0.2, -0.15) is 0 Å². The van der Waals surface area contributed by atoms with E-state index < -0.39 is 5.82 Å². The molecule has 2 aromatic carbocycles. The fraction of sp³-hybridized carbons (Fsp3) is 0.278. The highest BCUT2D eigenvalue weighted by Crippen LogP contribution is 2.20. The molecule has 0 spiro atoms. The summed E-state index contributed by atoms with van der Waals surface area (Å²) in [4.78, 5) is 11.9. The van der Waals surface area contributed by atoms with Gasteiger partial charge >= 0.3 is 0 Å². The first-order valence-electron chi connectivity index (χ1n) is 7.73. The molecule has 0 saturated heterocycles. The number of hydrogen-bond acceptors (Lipinski definition) is 3. The predicted octanol–water partition coefficient (Wildman–Crippen LogP) is 4.71. The number of anilines is 2. The molecule has 0 aliphatic carbocycles. The van der Waals surface area contributed by atoms with Crippen molar-refractivity contribution in [3.05, 3.63) is 53.3 Å². The predicted molar refractivity (Wildman–Crippen MR) is 95.4 cm³/mol. The van der Waals surface area contributed by atoms with E-state index in [1.807, 2.05) is 31.2 Å². The van der Waals surface area contributed by atoms with Crippen molar-refractivity contribution in [1.29, 1.82) is 0 Å². The van der Waals surface area contributed by atoms with Crippen LogP contribution in [0, 0.1) is 5.82 Å². The fourth-order valence-electron chi connectivity index (χ4n) is 1.96. The van der Waals surface area contributed by atoms with E-state index in [1.54, 1.807) is 0 Å². The van der Waals surface area contributed by atoms with Crippen LogP contribution in [0.5, 0.6) is 5.75 Å². The minimum atomic E-state index is -0.522. The topological polar surface area (TPSA) is 50.4 Å². The van der Waals surface area contributed by atoms with E-state index in [0.29, 0.717) is 5.69 Å². The summed E-state index contributed by atoms with van der Waals surface area (Å²) >= 11 is 5.69. The summed E-state index contributed by atoms with van der Waals surface area (Å²) in [6.45, 7) is 4.13. The summed E-state index contributed by atoms with van der Waals surface area (Å²) in [5.41, 5.74) is 1.23. The molecule has 6 heteroatoms. The summed E-state index contributed by atoms with van der Waals surface area (Å²) in [6, 6.07) is 11.5. The molecule has 0 aliphatic heterocycles. The Balaban J connectivity index is 1.89. The number of halogens is 2. The SMILES string of the molecule is CCC(C)Oc1cccc(NCC(=O)Nc2ccc(F)c(Cl)c2)c1. The molecule has 0 aliphatic rings. The second-order valence-electron chi connectivity index (χ2n) is 5.40. The van der Waals surface area contributed by atoms with Gasteiger partial charge in [0.25, 0.3) is 0 Å². The van der Waals surface area contributed by atoms with Gasteiger partial charge in [0.2, 0.25) is 5.91 Å². The molecule has 0 radical (unpaired) electrons. The van der Waals surface area contributed by atoms with Gasteiger partial charge in [0, 0.05) is 17.4 Å². The second kappa shape index (κ2) is 8.55. The summed E-state index contributed by atoms with van der Waals surface area (Å²) in [7, 11) is 0. The van der Waals surface area contributed by atoms with Gasteiger partial charge in [0.05, 0.1) is 17.7 Å². The lowest BCUT2D eigenvalue weighted by molar-refractivity contribution is -0.114. The maximum atomic E-state index is 13.1. The highest BCUT2D eigenvalue weighted by atomic mass is 35.5. The number of ether oxygens (including phenoxy) is 1. The van der Waals surface area contributed by atoms with Crippen molar-refractivity contribution >= 4 is 28.9 Å². The van der Waals surface area contributed by atoms with Crippen molar-refractivity contribution in [3.8, 4) is 5.75 Å². The Bertz CT molecular complexity index is 709. The van der Waals surface area contributed by atoms with Gasteiger partial charge in [-0.1, -0.05) is 24.6 Å². The molecule has 0 saturated carbocycles. The van der Waals surface area contributed by atoms with Crippen LogP contribution in [-0.2, 0) is 4.79 Å². The van der Waals surface area contributed by atoms with Crippen LogP contribution in [0.25, 0.3) is 0 Å². The Labute approximate surface area is 146 Å². The summed E-state index contributed by atoms with van der Waals surface area (Å²) in [6.07, 6.45) is 1.05. The molecular formula is C18H20ClFN2O2. The van der Waals surface area contributed by atoms with Crippen LogP contribution in [0.1, 0.15) is 20.3 Å². The Morgan fingerprint density at radius 1 is 1.25 bits per heavy atom. The van der Waals surface area contributed by atoms with Crippen molar-refractivity contribution in [3.63, 3.8) is 0 Å². The Morgan fingerprint density at radius 3 is 2.75 bits per heavy atom. The normalized spacial score (nSPS) is 11.7. The first kappa shape index (κ1) is 18.1. The van der Waals surface area contributed by atoms with Crippen LogP contribution in [0.15, 0.2) is 42.5 Å². The van der Waals surface area contributed by atoms with Gasteiger partial charge < -0.3 is 15.4 Å². The zero-order chi connectivity index (χ0) is 17.5. The monoisotopic (exact) mass is 350 g/mol. The van der Waals surface area contributed by atoms with E-state index in [2.05, 4.69) is 17.6 Å². The average Bonchev–Trinajstić information content (AvgIpc) is 2.56. The van der Waals surface area contributed by atoms with E-state index >= 15 is 0 Å². The third-order valence-electron chi connectivity index (χ3n) is 3.40. The summed E-state index contributed by atoms with van der Waals surface area (Å²) in [5, 5.41) is 5.64. The van der Waals surface area contributed by atoms with Crippen molar-refractivity contribution in [2.24, 2.45) is 0 Å². The number of benzene rings is 2. The van der Waals surface area contributed by atoms with Gasteiger partial charge in [-0.15, -0.1) is 0 Å². The second-order valence-corrected chi connectivity index (χ2v) is 5.80. The third-order valence-corrected chi connectivity index (χ3v) is 3.69. The molecule has 0 fully saturated rings. The maximum Gasteiger partial charge on any atom is 0.243 e. The molecule has 0 bridgehead atoms. The first-order valence-corrected chi connectivity index (χ1v) is 8.11. The minimum absolute atomic E-state index is 0.0318. The van der Waals surface area contributed by atoms with Crippen LogP contribution in [-0.4, -0.2) is 18.6 Å². The van der Waals surface area contributed by atoms with Gasteiger partial charge in [-0.3, -0.25) is 4.79 Å². The zero-order valence-electron chi connectivity index (χ0n) is 13.6. The smallest absolute Gasteiger partial charge is 0.243 e. The molecule has 1 atom stereocenters. The quantitative estimate of drug-likeness (QED) is 0.760. The third kappa shape index (κ3) is 5.42. The van der Waals surface area contributed by atoms with E-state index in [4.69, 9.17) is 16.3 Å². The Morgan fingerprint density at radius 2 is 2.04 bits per heavy atom. The van der Waals surface area contributed by atoms with Crippen LogP contribution < -0.4 is 15.4 Å². The number of carbonyl (C=O) groups excluding carboxylic acids is 1. The Kier molecular flexibility index (Phi) is 6.44. The van der Waals surface area contributed by atoms with Gasteiger partial charge in [0.15, 0.2) is 0 Å². The molecule has 2 rings (SSSR count). The van der Waals surface area contributed by atoms with E-state index in [-0.39, 0.29) is 23.6 Å². The molecule has 24 heavy (non-hydrogen) atoms. The van der Waals surface area contributed by atoms with Crippen LogP contribution in [0.2, 0.25) is 5.02 Å². The van der Waals surface area contributed by atoms with Crippen molar-refractivity contribution in [2.75, 3.05) is 17.2 Å². The zero-order valence-corrected chi connectivity index (χ0v) is 14.4. The van der Waals surface area contributed by atoms with Gasteiger partial charge in [0.1, 0.15) is 11.6 Å². The van der Waals surface area contributed by atoms with E-state index in [9.17, 15) is 9.18 Å². The van der Waals surface area contributed by atoms with E-state index in [1.165, 1.54) is 18.2 Å². The van der Waals surface area contributed by atoms with E-state index in [0.717, 1.165) is 17.9 Å². The molecule has 2 aromatic rings. The number of nitrogens with one attached hydrogen (secondary N) is 2. The lowest BCUT2D eigenvalue weighted by Gasteiger charge is -2.14. The maximum absolute atomic E-state index is 13.1. The van der Waals surface area contributed by atoms with Crippen LogP contribution in [0.4, 0.5) is 15.8 Å². The number of hydrogen-bond donors (Lipinski definition) is 2. The number of amides is 1. The molecule has 128 valence electrons. The first-order chi connectivity index (χ1) is 11.5. The molecule has 0 aromatic heterocycles. The highest BCUT2D eigenvalue weighted by molar-refractivity contribution is 6.31. The van der Waals surface area contributed by atoms with Crippen LogP contribution >= 0.6 is 11.6 Å². The minimum Gasteiger partial charge on any atom is -0.491 e. The number of carbonyl (C=O) groups is 1. The lowest BCUT2D eigenvalue weighted by Crippen LogP contribution is -2.21. The molecule has 2 N–H and O–H groups in total. The largest absolute Gasteiger partial charge is 0.491 e. The molecule has 1 unspecified atom stereocenters. The lowest BCUT2D eigenvalue weighted by atomic mass is 10.2. The standard InChI is InChI=1S/C18H20ClFN2O2/c1-3-12(2)24-15-6-4-5-13(9-15)21-11-18(23)22-14-7-8-17(20)16(19)10-14/h4-10,12,21H,3,11H2,1-2H3,(H,22,23). The molecule has 1 amide bonds. The van der Waals surface area contributed by atoms with Crippen LogP contribution in [0.3, 0.4) is 0 Å². The number of rotatable bonds is 7. The van der Waals surface area contributed by atoms with Crippen molar-refractivity contribution in [2.45, 2.75) is 26.4 Å². The summed E-state index contributed by atoms with van der Waals surface area (Å²) < 4.78 is 18.8. The average molecular weight is 351 g/mol. The molecular weight excluding hydrogens is 331 g/mol. The van der Waals surface area contributed by atoms with Crippen molar-refractivity contribution in [1.82, 2.24) is 0 Å². The summed E-state index contributed by atoms with van der Waals surface area (Å²) in [5.74, 6) is -0.0306. The molecule has 0 heterocycles.